The molecule has 0 aliphatic rings. The second-order valence-electron chi connectivity index (χ2n) is 4.32. The Morgan fingerprint density at radius 2 is 2.14 bits per heavy atom. The predicted octanol–water partition coefficient (Wildman–Crippen LogP) is 4.92. The van der Waals surface area contributed by atoms with Crippen LogP contribution < -0.4 is 5.32 Å². The van der Waals surface area contributed by atoms with Gasteiger partial charge in [-0.2, -0.15) is 0 Å². The summed E-state index contributed by atoms with van der Waals surface area (Å²) >= 11 is 8.97. The minimum atomic E-state index is -0.156. The lowest BCUT2D eigenvalue weighted by Crippen LogP contribution is -2.11. The molecular formula is C15H11ClN2OS2. The molecule has 0 saturated carbocycles. The molecule has 1 aromatic heterocycles. The number of aromatic nitrogens is 1. The zero-order chi connectivity index (χ0) is 14.8. The van der Waals surface area contributed by atoms with Crippen LogP contribution in [0.25, 0.3) is 10.2 Å². The van der Waals surface area contributed by atoms with Crippen LogP contribution in [0, 0.1) is 0 Å². The molecule has 1 heterocycles. The fourth-order valence-corrected chi connectivity index (χ4v) is 3.48. The Bertz CT molecular complexity index is 816. The molecule has 0 fully saturated rings. The average Bonchev–Trinajstić information content (AvgIpc) is 2.88. The molecule has 0 bridgehead atoms. The Kier molecular flexibility index (Phi) is 4.14. The average molecular weight is 335 g/mol. The molecule has 106 valence electrons. The van der Waals surface area contributed by atoms with E-state index in [4.69, 9.17) is 11.6 Å². The lowest BCUT2D eigenvalue weighted by atomic mass is 10.2. The van der Waals surface area contributed by atoms with Gasteiger partial charge in [0.1, 0.15) is 0 Å². The highest BCUT2D eigenvalue weighted by Crippen LogP contribution is 2.28. The zero-order valence-electron chi connectivity index (χ0n) is 11.1. The fraction of sp³-hybridized carbons (Fsp3) is 0.0667. The van der Waals surface area contributed by atoms with E-state index in [0.717, 1.165) is 15.1 Å². The van der Waals surface area contributed by atoms with Gasteiger partial charge in [0.2, 0.25) is 0 Å². The molecular weight excluding hydrogens is 324 g/mol. The van der Waals surface area contributed by atoms with Gasteiger partial charge in [-0.25, -0.2) is 4.98 Å². The van der Waals surface area contributed by atoms with Crippen LogP contribution in [0.2, 0.25) is 5.02 Å². The molecule has 0 saturated heterocycles. The summed E-state index contributed by atoms with van der Waals surface area (Å²) in [5.41, 5.74) is 1.46. The van der Waals surface area contributed by atoms with E-state index in [1.54, 1.807) is 23.9 Å². The van der Waals surface area contributed by atoms with Crippen molar-refractivity contribution in [2.45, 2.75) is 4.90 Å². The largest absolute Gasteiger partial charge is 0.298 e. The number of anilines is 1. The first-order valence-electron chi connectivity index (χ1n) is 6.17. The van der Waals surface area contributed by atoms with Crippen molar-refractivity contribution < 1.29 is 4.79 Å². The molecule has 3 nitrogen and oxygen atoms in total. The topological polar surface area (TPSA) is 42.0 Å². The van der Waals surface area contributed by atoms with E-state index in [1.165, 1.54) is 11.3 Å². The van der Waals surface area contributed by atoms with Crippen molar-refractivity contribution in [2.24, 2.45) is 0 Å². The number of thioether (sulfide) groups is 1. The van der Waals surface area contributed by atoms with Crippen LogP contribution in [0.5, 0.6) is 0 Å². The Labute approximate surface area is 135 Å². The van der Waals surface area contributed by atoms with Crippen molar-refractivity contribution in [2.75, 3.05) is 11.6 Å². The van der Waals surface area contributed by atoms with Crippen molar-refractivity contribution >= 4 is 56.0 Å². The SMILES string of the molecule is CSc1cccc(C(=O)Nc2nc3ccc(Cl)cc3s2)c1. The summed E-state index contributed by atoms with van der Waals surface area (Å²) in [4.78, 5) is 17.7. The Morgan fingerprint density at radius 3 is 2.95 bits per heavy atom. The third-order valence-corrected chi connectivity index (χ3v) is 4.80. The Balaban J connectivity index is 1.85. The highest BCUT2D eigenvalue weighted by atomic mass is 35.5. The van der Waals surface area contributed by atoms with E-state index in [9.17, 15) is 4.79 Å². The summed E-state index contributed by atoms with van der Waals surface area (Å²) < 4.78 is 0.954. The normalized spacial score (nSPS) is 10.8. The summed E-state index contributed by atoms with van der Waals surface area (Å²) in [6, 6.07) is 13.0. The number of thiazole rings is 1. The van der Waals surface area contributed by atoms with Crippen molar-refractivity contribution in [3.8, 4) is 0 Å². The predicted molar refractivity (Wildman–Crippen MR) is 90.8 cm³/mol. The smallest absolute Gasteiger partial charge is 0.257 e. The molecule has 0 radical (unpaired) electrons. The molecule has 2 aromatic carbocycles. The number of fused-ring (bicyclic) bond motifs is 1. The first kappa shape index (κ1) is 14.4. The molecule has 3 aromatic rings. The third kappa shape index (κ3) is 3.20. The number of rotatable bonds is 3. The van der Waals surface area contributed by atoms with Gasteiger partial charge in [0.25, 0.3) is 5.91 Å². The molecule has 0 aliphatic carbocycles. The van der Waals surface area contributed by atoms with Crippen molar-refractivity contribution in [1.82, 2.24) is 4.98 Å². The molecule has 3 rings (SSSR count). The van der Waals surface area contributed by atoms with Gasteiger partial charge < -0.3 is 0 Å². The van der Waals surface area contributed by atoms with Crippen molar-refractivity contribution in [3.63, 3.8) is 0 Å². The number of hydrogen-bond donors (Lipinski definition) is 1. The lowest BCUT2D eigenvalue weighted by molar-refractivity contribution is 0.102. The zero-order valence-corrected chi connectivity index (χ0v) is 13.5. The van der Waals surface area contributed by atoms with Gasteiger partial charge in [-0.1, -0.05) is 29.0 Å². The number of hydrogen-bond acceptors (Lipinski definition) is 4. The molecule has 1 amide bonds. The van der Waals surface area contributed by atoms with Gasteiger partial charge in [0.05, 0.1) is 10.2 Å². The number of halogens is 1. The van der Waals surface area contributed by atoms with Crippen LogP contribution in [0.15, 0.2) is 47.4 Å². The third-order valence-electron chi connectivity index (χ3n) is 2.90. The highest BCUT2D eigenvalue weighted by molar-refractivity contribution is 7.98. The van der Waals surface area contributed by atoms with Crippen LogP contribution in [0.1, 0.15) is 10.4 Å². The molecule has 1 N–H and O–H groups in total. The van der Waals surface area contributed by atoms with Gasteiger partial charge in [-0.15, -0.1) is 11.8 Å². The van der Waals surface area contributed by atoms with E-state index in [0.29, 0.717) is 15.7 Å². The van der Waals surface area contributed by atoms with Crippen LogP contribution >= 0.6 is 34.7 Å². The fourth-order valence-electron chi connectivity index (χ4n) is 1.89. The Hall–Kier alpha value is -1.56. The van der Waals surface area contributed by atoms with Gasteiger partial charge in [0.15, 0.2) is 5.13 Å². The van der Waals surface area contributed by atoms with E-state index < -0.39 is 0 Å². The van der Waals surface area contributed by atoms with E-state index in [2.05, 4.69) is 10.3 Å². The van der Waals surface area contributed by atoms with Gasteiger partial charge in [-0.3, -0.25) is 10.1 Å². The summed E-state index contributed by atoms with van der Waals surface area (Å²) in [5, 5.41) is 4.07. The number of amides is 1. The number of carbonyl (C=O) groups is 1. The summed E-state index contributed by atoms with van der Waals surface area (Å²) in [7, 11) is 0. The number of nitrogens with one attached hydrogen (secondary N) is 1. The molecule has 6 heteroatoms. The number of nitrogens with zero attached hydrogens (tertiary/aromatic N) is 1. The number of benzene rings is 2. The minimum absolute atomic E-state index is 0.156. The maximum absolute atomic E-state index is 12.2. The van der Waals surface area contributed by atoms with E-state index >= 15 is 0 Å². The van der Waals surface area contributed by atoms with Gasteiger partial charge in [0, 0.05) is 15.5 Å². The van der Waals surface area contributed by atoms with Gasteiger partial charge >= 0.3 is 0 Å². The Morgan fingerprint density at radius 1 is 1.29 bits per heavy atom. The first-order chi connectivity index (χ1) is 10.2. The van der Waals surface area contributed by atoms with Crippen LogP contribution in [-0.4, -0.2) is 17.1 Å². The summed E-state index contributed by atoms with van der Waals surface area (Å²) in [6.45, 7) is 0. The van der Waals surface area contributed by atoms with Crippen LogP contribution in [-0.2, 0) is 0 Å². The molecule has 21 heavy (non-hydrogen) atoms. The van der Waals surface area contributed by atoms with E-state index in [1.807, 2.05) is 36.6 Å². The molecule has 0 atom stereocenters. The van der Waals surface area contributed by atoms with Crippen LogP contribution in [0.4, 0.5) is 5.13 Å². The maximum atomic E-state index is 12.2. The quantitative estimate of drug-likeness (QED) is 0.691. The minimum Gasteiger partial charge on any atom is -0.298 e. The second-order valence-corrected chi connectivity index (χ2v) is 6.66. The molecule has 0 unspecified atom stereocenters. The summed E-state index contributed by atoms with van der Waals surface area (Å²) in [6.07, 6.45) is 1.98. The first-order valence-corrected chi connectivity index (χ1v) is 8.59. The van der Waals surface area contributed by atoms with Crippen molar-refractivity contribution in [3.05, 3.63) is 53.1 Å². The summed E-state index contributed by atoms with van der Waals surface area (Å²) in [5.74, 6) is -0.156. The number of carbonyl (C=O) groups excluding carboxylic acids is 1. The monoisotopic (exact) mass is 334 g/mol. The van der Waals surface area contributed by atoms with Gasteiger partial charge in [-0.05, 0) is 42.7 Å². The van der Waals surface area contributed by atoms with Crippen molar-refractivity contribution in [1.29, 1.82) is 0 Å². The standard InChI is InChI=1S/C15H11ClN2OS2/c1-20-11-4-2-3-9(7-11)14(19)18-15-17-12-6-5-10(16)8-13(12)21-15/h2-8H,1H3,(H,17,18,19). The van der Waals surface area contributed by atoms with E-state index in [-0.39, 0.29) is 5.91 Å². The molecule has 0 spiro atoms. The molecule has 0 aliphatic heterocycles. The maximum Gasteiger partial charge on any atom is 0.257 e. The highest BCUT2D eigenvalue weighted by Gasteiger charge is 2.10. The second kappa shape index (κ2) is 6.05. The lowest BCUT2D eigenvalue weighted by Gasteiger charge is -2.03. The van der Waals surface area contributed by atoms with Crippen LogP contribution in [0.3, 0.4) is 0 Å².